The molecule has 1 heterocycles. The van der Waals surface area contributed by atoms with E-state index in [2.05, 4.69) is 54.0 Å². The predicted octanol–water partition coefficient (Wildman–Crippen LogP) is 5.00. The quantitative estimate of drug-likeness (QED) is 0.722. The highest BCUT2D eigenvalue weighted by molar-refractivity contribution is 9.10. The molecule has 1 aromatic heterocycles. The molecular weight excluding hydrogens is 302 g/mol. The first-order chi connectivity index (χ1) is 9.08. The Hall–Kier alpha value is -1.32. The summed E-state index contributed by atoms with van der Waals surface area (Å²) in [6, 6.07) is 12.4. The van der Waals surface area contributed by atoms with E-state index in [0.717, 1.165) is 26.6 Å². The Morgan fingerprint density at radius 1 is 1.11 bits per heavy atom. The van der Waals surface area contributed by atoms with Crippen molar-refractivity contribution in [1.82, 2.24) is 0 Å². The van der Waals surface area contributed by atoms with Gasteiger partial charge in [0.1, 0.15) is 11.3 Å². The lowest BCUT2D eigenvalue weighted by atomic mass is 10.0. The Morgan fingerprint density at radius 3 is 2.58 bits per heavy atom. The molecule has 0 amide bonds. The molecule has 0 bridgehead atoms. The van der Waals surface area contributed by atoms with Crippen molar-refractivity contribution in [2.24, 2.45) is 11.7 Å². The van der Waals surface area contributed by atoms with Gasteiger partial charge in [0.25, 0.3) is 0 Å². The first kappa shape index (κ1) is 12.7. The molecule has 0 spiro atoms. The van der Waals surface area contributed by atoms with Crippen LogP contribution < -0.4 is 5.73 Å². The molecule has 0 radical (unpaired) electrons. The average molecular weight is 318 g/mol. The third kappa shape index (κ3) is 2.07. The van der Waals surface area contributed by atoms with Crippen LogP contribution in [0.5, 0.6) is 0 Å². The number of hydrogen-bond donors (Lipinski definition) is 1. The normalized spacial score (nSPS) is 13.5. The molecule has 2 N–H and O–H groups in total. The Balaban J connectivity index is 2.28. The molecule has 1 atom stereocenters. The van der Waals surface area contributed by atoms with Crippen molar-refractivity contribution in [2.45, 2.75) is 19.9 Å². The Kier molecular flexibility index (Phi) is 3.11. The second-order valence-corrected chi connectivity index (χ2v) is 6.04. The summed E-state index contributed by atoms with van der Waals surface area (Å²) in [7, 11) is 0. The monoisotopic (exact) mass is 317 g/mol. The molecule has 19 heavy (non-hydrogen) atoms. The van der Waals surface area contributed by atoms with E-state index in [1.54, 1.807) is 0 Å². The summed E-state index contributed by atoms with van der Waals surface area (Å²) in [4.78, 5) is 0. The number of furan rings is 1. The van der Waals surface area contributed by atoms with Gasteiger partial charge in [0.05, 0.1) is 10.5 Å². The van der Waals surface area contributed by atoms with Crippen LogP contribution in [-0.2, 0) is 0 Å². The summed E-state index contributed by atoms with van der Waals surface area (Å²) in [5.74, 6) is 1.20. The molecule has 0 aliphatic carbocycles. The van der Waals surface area contributed by atoms with Crippen molar-refractivity contribution in [3.8, 4) is 0 Å². The summed E-state index contributed by atoms with van der Waals surface area (Å²) in [5.41, 5.74) is 7.05. The highest BCUT2D eigenvalue weighted by Crippen LogP contribution is 2.36. The van der Waals surface area contributed by atoms with Crippen LogP contribution in [0.4, 0.5) is 0 Å². The van der Waals surface area contributed by atoms with Gasteiger partial charge in [-0.1, -0.05) is 38.1 Å². The van der Waals surface area contributed by atoms with Gasteiger partial charge in [-0.2, -0.15) is 0 Å². The highest BCUT2D eigenvalue weighted by Gasteiger charge is 2.17. The SMILES string of the molecule is CC(C)C(N)c1cc2cc3ccccc3c(Br)c2o1. The fraction of sp³-hybridized carbons (Fsp3) is 0.250. The maximum Gasteiger partial charge on any atom is 0.149 e. The second-order valence-electron chi connectivity index (χ2n) is 5.25. The number of halogens is 1. The number of benzene rings is 2. The minimum Gasteiger partial charge on any atom is -0.458 e. The minimum atomic E-state index is -0.0672. The lowest BCUT2D eigenvalue weighted by Crippen LogP contribution is -2.15. The van der Waals surface area contributed by atoms with Gasteiger partial charge < -0.3 is 10.2 Å². The average Bonchev–Trinajstić information content (AvgIpc) is 2.82. The molecule has 3 rings (SSSR count). The lowest BCUT2D eigenvalue weighted by molar-refractivity contribution is 0.418. The molecule has 3 aromatic rings. The summed E-state index contributed by atoms with van der Waals surface area (Å²) in [6.07, 6.45) is 0. The second kappa shape index (κ2) is 4.66. The third-order valence-electron chi connectivity index (χ3n) is 3.53. The fourth-order valence-corrected chi connectivity index (χ4v) is 2.98. The van der Waals surface area contributed by atoms with E-state index in [1.807, 2.05) is 12.1 Å². The van der Waals surface area contributed by atoms with E-state index in [1.165, 1.54) is 5.39 Å². The van der Waals surface area contributed by atoms with Gasteiger partial charge in [-0.15, -0.1) is 0 Å². The Morgan fingerprint density at radius 2 is 1.84 bits per heavy atom. The molecule has 2 aromatic carbocycles. The molecular formula is C16H16BrNO. The van der Waals surface area contributed by atoms with Gasteiger partial charge in [-0.25, -0.2) is 0 Å². The van der Waals surface area contributed by atoms with Crippen molar-refractivity contribution < 1.29 is 4.42 Å². The smallest absolute Gasteiger partial charge is 0.149 e. The van der Waals surface area contributed by atoms with E-state index in [-0.39, 0.29) is 6.04 Å². The maximum atomic E-state index is 6.17. The van der Waals surface area contributed by atoms with Crippen molar-refractivity contribution >= 4 is 37.7 Å². The summed E-state index contributed by atoms with van der Waals surface area (Å²) >= 11 is 3.65. The first-order valence-electron chi connectivity index (χ1n) is 6.44. The first-order valence-corrected chi connectivity index (χ1v) is 7.23. The van der Waals surface area contributed by atoms with E-state index in [0.29, 0.717) is 5.92 Å². The van der Waals surface area contributed by atoms with Gasteiger partial charge in [0.15, 0.2) is 0 Å². The van der Waals surface area contributed by atoms with Gasteiger partial charge in [-0.3, -0.25) is 0 Å². The van der Waals surface area contributed by atoms with Gasteiger partial charge in [-0.05, 0) is 44.8 Å². The zero-order valence-corrected chi connectivity index (χ0v) is 12.6. The van der Waals surface area contributed by atoms with Crippen LogP contribution in [0.15, 0.2) is 45.3 Å². The lowest BCUT2D eigenvalue weighted by Gasteiger charge is -2.11. The molecule has 98 valence electrons. The third-order valence-corrected chi connectivity index (χ3v) is 4.32. The van der Waals surface area contributed by atoms with Crippen molar-refractivity contribution in [3.05, 3.63) is 46.6 Å². The van der Waals surface area contributed by atoms with E-state index >= 15 is 0 Å². The number of fused-ring (bicyclic) bond motifs is 2. The van der Waals surface area contributed by atoms with Crippen LogP contribution in [0.3, 0.4) is 0 Å². The van der Waals surface area contributed by atoms with Crippen LogP contribution in [0.2, 0.25) is 0 Å². The van der Waals surface area contributed by atoms with Crippen LogP contribution in [0.25, 0.3) is 21.7 Å². The van der Waals surface area contributed by atoms with Crippen molar-refractivity contribution in [3.63, 3.8) is 0 Å². The highest BCUT2D eigenvalue weighted by atomic mass is 79.9. The van der Waals surface area contributed by atoms with Gasteiger partial charge in [0.2, 0.25) is 0 Å². The van der Waals surface area contributed by atoms with Crippen LogP contribution in [0, 0.1) is 5.92 Å². The molecule has 0 fully saturated rings. The van der Waals surface area contributed by atoms with E-state index in [4.69, 9.17) is 10.2 Å². The summed E-state index contributed by atoms with van der Waals surface area (Å²) in [5, 5.41) is 3.46. The molecule has 3 heteroatoms. The molecule has 0 aliphatic rings. The zero-order valence-electron chi connectivity index (χ0n) is 11.0. The number of rotatable bonds is 2. The predicted molar refractivity (Wildman–Crippen MR) is 83.2 cm³/mol. The summed E-state index contributed by atoms with van der Waals surface area (Å²) in [6.45, 7) is 4.20. The standard InChI is InChI=1S/C16H16BrNO/c1-9(2)15(18)13-8-11-7-10-5-3-4-6-12(10)14(17)16(11)19-13/h3-9,15H,18H2,1-2H3. The van der Waals surface area contributed by atoms with Crippen LogP contribution in [-0.4, -0.2) is 0 Å². The van der Waals surface area contributed by atoms with Gasteiger partial charge >= 0.3 is 0 Å². The van der Waals surface area contributed by atoms with Crippen LogP contribution in [0.1, 0.15) is 25.6 Å². The molecule has 0 saturated carbocycles. The topological polar surface area (TPSA) is 39.2 Å². The van der Waals surface area contributed by atoms with Crippen molar-refractivity contribution in [2.75, 3.05) is 0 Å². The maximum absolute atomic E-state index is 6.17. The Bertz CT molecular complexity index is 745. The fourth-order valence-electron chi connectivity index (χ4n) is 2.31. The largest absolute Gasteiger partial charge is 0.458 e. The van der Waals surface area contributed by atoms with Crippen LogP contribution >= 0.6 is 15.9 Å². The van der Waals surface area contributed by atoms with E-state index in [9.17, 15) is 0 Å². The minimum absolute atomic E-state index is 0.0672. The van der Waals surface area contributed by atoms with Crippen molar-refractivity contribution in [1.29, 1.82) is 0 Å². The van der Waals surface area contributed by atoms with Gasteiger partial charge in [0, 0.05) is 5.39 Å². The summed E-state index contributed by atoms with van der Waals surface area (Å²) < 4.78 is 6.96. The number of nitrogens with two attached hydrogens (primary N) is 1. The number of hydrogen-bond acceptors (Lipinski definition) is 2. The van der Waals surface area contributed by atoms with E-state index < -0.39 is 0 Å². The molecule has 2 nitrogen and oxygen atoms in total. The Labute approximate surface area is 120 Å². The molecule has 1 unspecified atom stereocenters. The molecule has 0 saturated heterocycles. The molecule has 0 aliphatic heterocycles. The zero-order chi connectivity index (χ0) is 13.6.